The van der Waals surface area contributed by atoms with Crippen LogP contribution in [0, 0.1) is 11.8 Å². The lowest BCUT2D eigenvalue weighted by Gasteiger charge is -2.24. The highest BCUT2D eigenvalue weighted by Gasteiger charge is 2.17. The van der Waals surface area contributed by atoms with Gasteiger partial charge in [0.2, 0.25) is 0 Å². The van der Waals surface area contributed by atoms with Crippen molar-refractivity contribution in [2.24, 2.45) is 11.8 Å². The van der Waals surface area contributed by atoms with Crippen LogP contribution in [0.25, 0.3) is 0 Å². The summed E-state index contributed by atoms with van der Waals surface area (Å²) < 4.78 is 12.0. The van der Waals surface area contributed by atoms with Crippen molar-refractivity contribution in [2.75, 3.05) is 18.1 Å². The van der Waals surface area contributed by atoms with Crippen molar-refractivity contribution in [1.82, 2.24) is 5.32 Å². The van der Waals surface area contributed by atoms with Gasteiger partial charge >= 0.3 is 0 Å². The Morgan fingerprint density at radius 1 is 1.18 bits per heavy atom. The third-order valence-electron chi connectivity index (χ3n) is 3.28. The minimum Gasteiger partial charge on any atom is -0.313 e. The van der Waals surface area contributed by atoms with E-state index in [1.54, 1.807) is 0 Å². The van der Waals surface area contributed by atoms with Crippen LogP contribution in [0.4, 0.5) is 0 Å². The largest absolute Gasteiger partial charge is 0.313 e. The van der Waals surface area contributed by atoms with Crippen LogP contribution >= 0.6 is 0 Å². The zero-order chi connectivity index (χ0) is 13.3. The van der Waals surface area contributed by atoms with Crippen molar-refractivity contribution in [3.8, 4) is 0 Å². The molecule has 1 N–H and O–H groups in total. The molecule has 3 atom stereocenters. The maximum Gasteiger partial charge on any atom is 0.0391 e. The van der Waals surface area contributed by atoms with E-state index in [2.05, 4.69) is 39.9 Å². The van der Waals surface area contributed by atoms with E-state index in [0.29, 0.717) is 17.9 Å². The van der Waals surface area contributed by atoms with Crippen LogP contribution in [-0.4, -0.2) is 28.3 Å². The van der Waals surface area contributed by atoms with Crippen LogP contribution in [0.5, 0.6) is 0 Å². The molecule has 0 rings (SSSR count). The van der Waals surface area contributed by atoms with Crippen molar-refractivity contribution in [3.63, 3.8) is 0 Å². The molecule has 0 aromatic rings. The monoisotopic (exact) mass is 261 g/mol. The van der Waals surface area contributed by atoms with Gasteiger partial charge < -0.3 is 5.32 Å². The summed E-state index contributed by atoms with van der Waals surface area (Å²) in [5.74, 6) is 2.95. The Bertz CT molecular complexity index is 206. The van der Waals surface area contributed by atoms with Gasteiger partial charge in [-0.2, -0.15) is 0 Å². The third-order valence-corrected chi connectivity index (χ3v) is 4.70. The SMILES string of the molecule is CCCNC(CS(=O)CCC(C)C)C(C)CC. The predicted molar refractivity (Wildman–Crippen MR) is 78.9 cm³/mol. The Morgan fingerprint density at radius 2 is 1.82 bits per heavy atom. The van der Waals surface area contributed by atoms with Gasteiger partial charge in [0.15, 0.2) is 0 Å². The lowest BCUT2D eigenvalue weighted by molar-refractivity contribution is 0.394. The summed E-state index contributed by atoms with van der Waals surface area (Å²) >= 11 is 0. The minimum atomic E-state index is -0.659. The zero-order valence-electron chi connectivity index (χ0n) is 12.3. The predicted octanol–water partition coefficient (Wildman–Crippen LogP) is 3.20. The van der Waals surface area contributed by atoms with Crippen LogP contribution in [0.3, 0.4) is 0 Å². The molecule has 0 aliphatic carbocycles. The Hall–Kier alpha value is 0.110. The van der Waals surface area contributed by atoms with E-state index < -0.39 is 10.8 Å². The first-order valence-electron chi connectivity index (χ1n) is 7.09. The van der Waals surface area contributed by atoms with Crippen LogP contribution in [0.1, 0.15) is 53.9 Å². The first kappa shape index (κ1) is 17.1. The molecule has 0 aliphatic rings. The van der Waals surface area contributed by atoms with Crippen LogP contribution in [-0.2, 0) is 10.8 Å². The van der Waals surface area contributed by atoms with E-state index in [9.17, 15) is 4.21 Å². The fourth-order valence-corrected chi connectivity index (χ4v) is 3.44. The fourth-order valence-electron chi connectivity index (χ4n) is 1.69. The molecule has 0 amide bonds. The molecule has 0 aromatic heterocycles. The summed E-state index contributed by atoms with van der Waals surface area (Å²) in [5, 5.41) is 3.55. The Morgan fingerprint density at radius 3 is 2.29 bits per heavy atom. The molecule has 0 bridgehead atoms. The molecule has 0 heterocycles. The van der Waals surface area contributed by atoms with Crippen molar-refractivity contribution >= 4 is 10.8 Å². The molecule has 0 saturated heterocycles. The molecular weight excluding hydrogens is 230 g/mol. The quantitative estimate of drug-likeness (QED) is 0.654. The molecule has 0 aliphatic heterocycles. The lowest BCUT2D eigenvalue weighted by atomic mass is 10.0. The summed E-state index contributed by atoms with van der Waals surface area (Å²) in [7, 11) is -0.659. The molecule has 104 valence electrons. The molecule has 0 saturated carbocycles. The summed E-state index contributed by atoms with van der Waals surface area (Å²) in [5.41, 5.74) is 0. The highest BCUT2D eigenvalue weighted by atomic mass is 32.2. The third kappa shape index (κ3) is 8.78. The van der Waals surface area contributed by atoms with E-state index >= 15 is 0 Å². The number of hydrogen-bond donors (Lipinski definition) is 1. The van der Waals surface area contributed by atoms with E-state index in [1.165, 1.54) is 0 Å². The molecule has 0 spiro atoms. The maximum atomic E-state index is 12.0. The molecule has 0 fully saturated rings. The average Bonchev–Trinajstić information content (AvgIpc) is 2.30. The second-order valence-corrected chi connectivity index (χ2v) is 7.06. The van der Waals surface area contributed by atoms with E-state index in [1.807, 2.05) is 0 Å². The number of hydrogen-bond acceptors (Lipinski definition) is 2. The Labute approximate surface area is 110 Å². The van der Waals surface area contributed by atoms with Crippen molar-refractivity contribution in [3.05, 3.63) is 0 Å². The highest BCUT2D eigenvalue weighted by molar-refractivity contribution is 7.85. The van der Waals surface area contributed by atoms with Gasteiger partial charge in [-0.3, -0.25) is 4.21 Å². The van der Waals surface area contributed by atoms with Crippen LogP contribution in [0.15, 0.2) is 0 Å². The normalized spacial score (nSPS) is 17.1. The lowest BCUT2D eigenvalue weighted by Crippen LogP contribution is -2.40. The number of rotatable bonds is 10. The van der Waals surface area contributed by atoms with Gasteiger partial charge in [0, 0.05) is 28.3 Å². The molecule has 3 heteroatoms. The average molecular weight is 261 g/mol. The van der Waals surface area contributed by atoms with Gasteiger partial charge in [-0.05, 0) is 31.2 Å². The molecule has 17 heavy (non-hydrogen) atoms. The van der Waals surface area contributed by atoms with Gasteiger partial charge in [0.1, 0.15) is 0 Å². The molecule has 0 radical (unpaired) electrons. The highest BCUT2D eigenvalue weighted by Crippen LogP contribution is 2.10. The summed E-state index contributed by atoms with van der Waals surface area (Å²) in [6.07, 6.45) is 3.38. The number of nitrogens with one attached hydrogen (secondary N) is 1. The van der Waals surface area contributed by atoms with E-state index in [4.69, 9.17) is 0 Å². The van der Waals surface area contributed by atoms with Crippen molar-refractivity contribution < 1.29 is 4.21 Å². The maximum absolute atomic E-state index is 12.0. The van der Waals surface area contributed by atoms with Crippen molar-refractivity contribution in [2.45, 2.75) is 59.9 Å². The second kappa shape index (κ2) is 10.1. The summed E-state index contributed by atoms with van der Waals surface area (Å²) in [4.78, 5) is 0. The zero-order valence-corrected chi connectivity index (χ0v) is 13.1. The Balaban J connectivity index is 4.08. The Kier molecular flexibility index (Phi) is 10.1. The van der Waals surface area contributed by atoms with Gasteiger partial charge in [-0.1, -0.05) is 41.0 Å². The first-order chi connectivity index (χ1) is 8.01. The standard InChI is InChI=1S/C14H31NOS/c1-6-9-15-14(13(5)7-2)11-17(16)10-8-12(3)4/h12-15H,6-11H2,1-5H3. The molecule has 3 unspecified atom stereocenters. The van der Waals surface area contributed by atoms with E-state index in [-0.39, 0.29) is 0 Å². The van der Waals surface area contributed by atoms with Crippen molar-refractivity contribution in [1.29, 1.82) is 0 Å². The fraction of sp³-hybridized carbons (Fsp3) is 1.00. The molecule has 0 aromatic carbocycles. The first-order valence-corrected chi connectivity index (χ1v) is 8.58. The van der Waals surface area contributed by atoms with Gasteiger partial charge in [-0.15, -0.1) is 0 Å². The second-order valence-electron chi connectivity index (χ2n) is 5.44. The van der Waals surface area contributed by atoms with Crippen LogP contribution in [0.2, 0.25) is 0 Å². The van der Waals surface area contributed by atoms with Crippen LogP contribution < -0.4 is 5.32 Å². The minimum absolute atomic E-state index is 0.424. The topological polar surface area (TPSA) is 29.1 Å². The van der Waals surface area contributed by atoms with E-state index in [0.717, 1.165) is 37.3 Å². The smallest absolute Gasteiger partial charge is 0.0391 e. The van der Waals surface area contributed by atoms with Gasteiger partial charge in [0.05, 0.1) is 0 Å². The van der Waals surface area contributed by atoms with Gasteiger partial charge in [-0.25, -0.2) is 0 Å². The summed E-state index contributed by atoms with van der Waals surface area (Å²) in [6.45, 7) is 12.1. The van der Waals surface area contributed by atoms with Gasteiger partial charge in [0.25, 0.3) is 0 Å². The summed E-state index contributed by atoms with van der Waals surface area (Å²) in [6, 6.07) is 0.424. The molecular formula is C14H31NOS. The molecule has 2 nitrogen and oxygen atoms in total.